The van der Waals surface area contributed by atoms with Crippen LogP contribution in [0.15, 0.2) is 30.5 Å². The number of anilines is 2. The molecule has 0 unspecified atom stereocenters. The highest BCUT2D eigenvalue weighted by atomic mass is 16.6. The molecule has 0 saturated heterocycles. The van der Waals surface area contributed by atoms with Crippen LogP contribution in [0, 0.1) is 24.0 Å². The highest BCUT2D eigenvalue weighted by Crippen LogP contribution is 2.28. The molecule has 0 bridgehead atoms. The van der Waals surface area contributed by atoms with Crippen molar-refractivity contribution >= 4 is 23.2 Å². The summed E-state index contributed by atoms with van der Waals surface area (Å²) in [6, 6.07) is 6.64. The van der Waals surface area contributed by atoms with Crippen molar-refractivity contribution in [3.8, 4) is 0 Å². The first kappa shape index (κ1) is 14.4. The number of hydrogen-bond donors (Lipinski definition) is 2. The number of carboxylic acid groups (broad SMARTS) is 1. The van der Waals surface area contributed by atoms with E-state index in [1.165, 1.54) is 0 Å². The molecule has 7 heteroatoms. The monoisotopic (exact) mass is 287 g/mol. The van der Waals surface area contributed by atoms with Gasteiger partial charge >= 0.3 is 11.7 Å². The number of nitrogens with zero attached hydrogens (tertiary/aromatic N) is 2. The third-order valence-electron chi connectivity index (χ3n) is 2.96. The predicted octanol–water partition coefficient (Wildman–Crippen LogP) is 3.05. The van der Waals surface area contributed by atoms with E-state index in [0.717, 1.165) is 23.4 Å². The number of carboxylic acids is 1. The van der Waals surface area contributed by atoms with E-state index in [2.05, 4.69) is 10.3 Å². The van der Waals surface area contributed by atoms with Crippen molar-refractivity contribution in [1.29, 1.82) is 0 Å². The van der Waals surface area contributed by atoms with Crippen molar-refractivity contribution in [1.82, 2.24) is 4.98 Å². The minimum atomic E-state index is -1.26. The second-order valence-electron chi connectivity index (χ2n) is 4.60. The molecular weight excluding hydrogens is 274 g/mol. The number of benzene rings is 1. The lowest BCUT2D eigenvalue weighted by Crippen LogP contribution is -2.05. The van der Waals surface area contributed by atoms with Crippen LogP contribution in [0.25, 0.3) is 0 Å². The van der Waals surface area contributed by atoms with Crippen molar-refractivity contribution in [2.24, 2.45) is 0 Å². The second-order valence-corrected chi connectivity index (χ2v) is 4.60. The Balaban J connectivity index is 2.46. The molecule has 7 nitrogen and oxygen atoms in total. The smallest absolute Gasteiger partial charge is 0.337 e. The maximum Gasteiger partial charge on any atom is 0.337 e. The fourth-order valence-corrected chi connectivity index (χ4v) is 1.80. The van der Waals surface area contributed by atoms with E-state index < -0.39 is 10.9 Å². The third kappa shape index (κ3) is 3.14. The molecule has 0 spiro atoms. The van der Waals surface area contributed by atoms with Crippen LogP contribution < -0.4 is 5.32 Å². The first-order valence-electron chi connectivity index (χ1n) is 6.10. The Bertz CT molecular complexity index is 728. The zero-order valence-corrected chi connectivity index (χ0v) is 11.5. The van der Waals surface area contributed by atoms with Gasteiger partial charge in [-0.1, -0.05) is 12.1 Å². The molecule has 0 radical (unpaired) electrons. The molecule has 2 aromatic rings. The lowest BCUT2D eigenvalue weighted by molar-refractivity contribution is -0.384. The average Bonchev–Trinajstić information content (AvgIpc) is 2.42. The zero-order chi connectivity index (χ0) is 15.6. The van der Waals surface area contributed by atoms with E-state index >= 15 is 0 Å². The van der Waals surface area contributed by atoms with Crippen molar-refractivity contribution < 1.29 is 14.8 Å². The predicted molar refractivity (Wildman–Crippen MR) is 77.0 cm³/mol. The molecule has 1 heterocycles. The van der Waals surface area contributed by atoms with Gasteiger partial charge in [-0.3, -0.25) is 10.1 Å². The van der Waals surface area contributed by atoms with Crippen LogP contribution in [0.4, 0.5) is 17.2 Å². The summed E-state index contributed by atoms with van der Waals surface area (Å²) in [7, 11) is 0. The van der Waals surface area contributed by atoms with Gasteiger partial charge < -0.3 is 10.4 Å². The van der Waals surface area contributed by atoms with Crippen LogP contribution in [0.1, 0.15) is 21.5 Å². The molecule has 21 heavy (non-hydrogen) atoms. The topological polar surface area (TPSA) is 105 Å². The maximum absolute atomic E-state index is 11.1. The van der Waals surface area contributed by atoms with Crippen molar-refractivity contribution in [2.45, 2.75) is 13.8 Å². The van der Waals surface area contributed by atoms with Gasteiger partial charge in [0.25, 0.3) is 0 Å². The summed E-state index contributed by atoms with van der Waals surface area (Å²) in [4.78, 5) is 25.1. The normalized spacial score (nSPS) is 10.2. The fraction of sp³-hybridized carbons (Fsp3) is 0.143. The molecule has 0 aliphatic heterocycles. The van der Waals surface area contributed by atoms with E-state index in [1.807, 2.05) is 32.0 Å². The van der Waals surface area contributed by atoms with Crippen LogP contribution in [0.3, 0.4) is 0 Å². The summed E-state index contributed by atoms with van der Waals surface area (Å²) in [6.07, 6.45) is 1.09. The minimum Gasteiger partial charge on any atom is -0.478 e. The Morgan fingerprint density at radius 1 is 1.33 bits per heavy atom. The first-order chi connectivity index (χ1) is 9.88. The summed E-state index contributed by atoms with van der Waals surface area (Å²) in [5.41, 5.74) is 1.98. The molecule has 0 fully saturated rings. The number of aromatic nitrogens is 1. The molecule has 1 aromatic heterocycles. The van der Waals surface area contributed by atoms with Gasteiger partial charge in [0.1, 0.15) is 0 Å². The lowest BCUT2D eigenvalue weighted by Gasteiger charge is -2.10. The molecule has 0 saturated carbocycles. The van der Waals surface area contributed by atoms with Gasteiger partial charge in [0.2, 0.25) is 5.82 Å². The van der Waals surface area contributed by atoms with Crippen molar-refractivity contribution in [2.75, 3.05) is 5.32 Å². The van der Waals surface area contributed by atoms with E-state index in [-0.39, 0.29) is 17.1 Å². The Labute approximate surface area is 120 Å². The van der Waals surface area contributed by atoms with E-state index in [0.29, 0.717) is 5.69 Å². The van der Waals surface area contributed by atoms with Crippen molar-refractivity contribution in [3.05, 3.63) is 57.3 Å². The van der Waals surface area contributed by atoms with Gasteiger partial charge in [0.15, 0.2) is 0 Å². The van der Waals surface area contributed by atoms with E-state index in [4.69, 9.17) is 5.11 Å². The summed E-state index contributed by atoms with van der Waals surface area (Å²) in [6.45, 7) is 3.76. The van der Waals surface area contributed by atoms with Crippen LogP contribution in [-0.4, -0.2) is 21.0 Å². The number of pyridine rings is 1. The Morgan fingerprint density at radius 3 is 2.67 bits per heavy atom. The standard InChI is InChI=1S/C14H13N3O4/c1-8-3-4-9(2)11(5-8)16-13-12(17(20)21)6-10(7-15-13)14(18)19/h3-7H,1-2H3,(H,15,16)(H,18,19). The Kier molecular flexibility index (Phi) is 3.84. The highest BCUT2D eigenvalue weighted by molar-refractivity contribution is 5.89. The van der Waals surface area contributed by atoms with E-state index in [9.17, 15) is 14.9 Å². The van der Waals surface area contributed by atoms with Gasteiger partial charge in [0, 0.05) is 18.0 Å². The maximum atomic E-state index is 11.1. The SMILES string of the molecule is Cc1ccc(C)c(Nc2ncc(C(=O)O)cc2[N+](=O)[O-])c1. The van der Waals surface area contributed by atoms with E-state index in [1.54, 1.807) is 0 Å². The fourth-order valence-electron chi connectivity index (χ4n) is 1.80. The number of hydrogen-bond acceptors (Lipinski definition) is 5. The quantitative estimate of drug-likeness (QED) is 0.661. The number of nitro groups is 1. The number of aromatic carboxylic acids is 1. The van der Waals surface area contributed by atoms with Gasteiger partial charge in [0.05, 0.1) is 10.5 Å². The van der Waals surface area contributed by atoms with Gasteiger partial charge in [-0.25, -0.2) is 9.78 Å². The zero-order valence-electron chi connectivity index (χ0n) is 11.5. The minimum absolute atomic E-state index is 0.0127. The Hall–Kier alpha value is -2.96. The molecule has 0 aliphatic rings. The molecule has 0 amide bonds. The van der Waals surface area contributed by atoms with Crippen LogP contribution in [-0.2, 0) is 0 Å². The van der Waals surface area contributed by atoms with Gasteiger partial charge in [-0.2, -0.15) is 0 Å². The van der Waals surface area contributed by atoms with Gasteiger partial charge in [-0.05, 0) is 31.0 Å². The molecule has 2 N–H and O–H groups in total. The second kappa shape index (κ2) is 5.58. The summed E-state index contributed by atoms with van der Waals surface area (Å²) in [5.74, 6) is -1.25. The van der Waals surface area contributed by atoms with Crippen LogP contribution in [0.2, 0.25) is 0 Å². The molecular formula is C14H13N3O4. The first-order valence-corrected chi connectivity index (χ1v) is 6.10. The molecule has 2 rings (SSSR count). The molecule has 1 aromatic carbocycles. The largest absolute Gasteiger partial charge is 0.478 e. The number of aryl methyl sites for hydroxylation is 2. The van der Waals surface area contributed by atoms with Crippen LogP contribution in [0.5, 0.6) is 0 Å². The molecule has 108 valence electrons. The third-order valence-corrected chi connectivity index (χ3v) is 2.96. The van der Waals surface area contributed by atoms with Gasteiger partial charge in [-0.15, -0.1) is 0 Å². The summed E-state index contributed by atoms with van der Waals surface area (Å²) < 4.78 is 0. The number of rotatable bonds is 4. The lowest BCUT2D eigenvalue weighted by atomic mass is 10.1. The Morgan fingerprint density at radius 2 is 2.05 bits per heavy atom. The summed E-state index contributed by atoms with van der Waals surface area (Å²) in [5, 5.41) is 22.8. The molecule has 0 aliphatic carbocycles. The molecule has 0 atom stereocenters. The van der Waals surface area contributed by atoms with Crippen LogP contribution >= 0.6 is 0 Å². The summed E-state index contributed by atoms with van der Waals surface area (Å²) >= 11 is 0. The highest BCUT2D eigenvalue weighted by Gasteiger charge is 2.19. The average molecular weight is 287 g/mol. The number of carbonyl (C=O) groups is 1. The number of nitrogens with one attached hydrogen (secondary N) is 1. The van der Waals surface area contributed by atoms with Crippen molar-refractivity contribution in [3.63, 3.8) is 0 Å².